The minimum absolute atomic E-state index is 1.16. The normalized spacial score (nSPS) is 23.6. The first-order chi connectivity index (χ1) is 5.25. The molecule has 0 aromatic carbocycles. The summed E-state index contributed by atoms with van der Waals surface area (Å²) in [6.07, 6.45) is 0. The molecular weight excluding hydrogens is 154 g/mol. The third-order valence-corrected chi connectivity index (χ3v) is 3.82. The van der Waals surface area contributed by atoms with E-state index in [-0.39, 0.29) is 0 Å². The third kappa shape index (κ3) is 1.62. The van der Waals surface area contributed by atoms with Crippen LogP contribution in [0.1, 0.15) is 13.8 Å². The van der Waals surface area contributed by atoms with Crippen molar-refractivity contribution in [3.8, 4) is 0 Å². The zero-order chi connectivity index (χ0) is 8.32. The topological polar surface area (TPSA) is 0 Å². The van der Waals surface area contributed by atoms with Gasteiger partial charge in [0, 0.05) is 5.75 Å². The summed E-state index contributed by atoms with van der Waals surface area (Å²) in [7, 11) is 0. The average Bonchev–Trinajstić information content (AvgIpc) is 2.06. The molecule has 1 nitrogen and oxygen atoms in total. The van der Waals surface area contributed by atoms with Gasteiger partial charge in [0.1, 0.15) is 5.70 Å². The lowest BCUT2D eigenvalue weighted by Gasteiger charge is -2.40. The highest BCUT2D eigenvalue weighted by Crippen LogP contribution is 2.25. The molecule has 1 aliphatic heterocycles. The smallest absolute Gasteiger partial charge is 0.112 e. The van der Waals surface area contributed by atoms with Crippen molar-refractivity contribution in [2.45, 2.75) is 13.8 Å². The van der Waals surface area contributed by atoms with Gasteiger partial charge in [0.05, 0.1) is 25.4 Å². The quantitative estimate of drug-likeness (QED) is 0.575. The summed E-state index contributed by atoms with van der Waals surface area (Å²) in [5, 5.41) is 0. The Balaban J connectivity index is 2.69. The van der Waals surface area contributed by atoms with Crippen molar-refractivity contribution in [1.29, 1.82) is 0 Å². The summed E-state index contributed by atoms with van der Waals surface area (Å²) in [5.74, 6) is 2.47. The molecule has 0 atom stereocenters. The first-order valence-electron chi connectivity index (χ1n) is 4.37. The fourth-order valence-electron chi connectivity index (χ4n) is 1.71. The number of rotatable bonds is 2. The van der Waals surface area contributed by atoms with Crippen molar-refractivity contribution in [2.75, 3.05) is 31.1 Å². The molecule has 0 aromatic rings. The van der Waals surface area contributed by atoms with E-state index in [1.807, 2.05) is 11.8 Å². The minimum atomic E-state index is 1.16. The van der Waals surface area contributed by atoms with Crippen LogP contribution in [-0.4, -0.2) is 35.6 Å². The van der Waals surface area contributed by atoms with Crippen LogP contribution >= 0.6 is 11.8 Å². The van der Waals surface area contributed by atoms with Crippen LogP contribution in [0.15, 0.2) is 12.3 Å². The van der Waals surface area contributed by atoms with E-state index in [0.29, 0.717) is 0 Å². The van der Waals surface area contributed by atoms with Crippen LogP contribution in [0.5, 0.6) is 0 Å². The van der Waals surface area contributed by atoms with Gasteiger partial charge in [-0.05, 0) is 20.4 Å². The molecule has 0 N–H and O–H groups in total. The summed E-state index contributed by atoms with van der Waals surface area (Å²) >= 11 is 2.02. The minimum Gasteiger partial charge on any atom is -0.294 e. The molecule has 1 aliphatic rings. The largest absolute Gasteiger partial charge is 0.294 e. The van der Waals surface area contributed by atoms with Gasteiger partial charge >= 0.3 is 0 Å². The van der Waals surface area contributed by atoms with Crippen LogP contribution in [0.2, 0.25) is 0 Å². The van der Waals surface area contributed by atoms with Crippen molar-refractivity contribution < 1.29 is 4.48 Å². The molecule has 0 unspecified atom stereocenters. The molecule has 64 valence electrons. The molecule has 0 bridgehead atoms. The Morgan fingerprint density at radius 2 is 2.09 bits per heavy atom. The van der Waals surface area contributed by atoms with E-state index in [2.05, 4.69) is 20.4 Å². The van der Waals surface area contributed by atoms with Gasteiger partial charge < -0.3 is 0 Å². The van der Waals surface area contributed by atoms with Crippen LogP contribution in [0.25, 0.3) is 0 Å². The van der Waals surface area contributed by atoms with Gasteiger partial charge in [-0.3, -0.25) is 4.48 Å². The highest BCUT2D eigenvalue weighted by Gasteiger charge is 2.30. The van der Waals surface area contributed by atoms with E-state index in [4.69, 9.17) is 0 Å². The number of thioether (sulfide) groups is 1. The molecule has 1 fully saturated rings. The highest BCUT2D eigenvalue weighted by molar-refractivity contribution is 7.99. The van der Waals surface area contributed by atoms with E-state index in [1.165, 1.54) is 36.8 Å². The summed E-state index contributed by atoms with van der Waals surface area (Å²) in [4.78, 5) is 0. The van der Waals surface area contributed by atoms with Crippen molar-refractivity contribution >= 4 is 11.8 Å². The number of quaternary nitrogens is 1. The van der Waals surface area contributed by atoms with Gasteiger partial charge in [-0.25, -0.2) is 0 Å². The van der Waals surface area contributed by atoms with Crippen molar-refractivity contribution in [1.82, 2.24) is 0 Å². The Hall–Kier alpha value is 0.0500. The molecule has 1 saturated heterocycles. The molecule has 11 heavy (non-hydrogen) atoms. The molecular formula is C9H18NS+. The van der Waals surface area contributed by atoms with E-state index >= 15 is 0 Å². The summed E-state index contributed by atoms with van der Waals surface area (Å²) in [6, 6.07) is 0. The monoisotopic (exact) mass is 172 g/mol. The van der Waals surface area contributed by atoms with E-state index in [0.717, 1.165) is 4.48 Å². The molecule has 0 radical (unpaired) electrons. The second-order valence-corrected chi connectivity index (χ2v) is 4.23. The van der Waals surface area contributed by atoms with E-state index in [9.17, 15) is 0 Å². The number of hydrogen-bond acceptors (Lipinski definition) is 1. The van der Waals surface area contributed by atoms with Crippen LogP contribution in [-0.2, 0) is 0 Å². The zero-order valence-corrected chi connectivity index (χ0v) is 8.41. The Morgan fingerprint density at radius 3 is 2.45 bits per heavy atom. The molecule has 0 saturated carbocycles. The molecule has 2 heteroatoms. The van der Waals surface area contributed by atoms with Crippen LogP contribution in [0.4, 0.5) is 0 Å². The lowest BCUT2D eigenvalue weighted by atomic mass is 10.3. The summed E-state index contributed by atoms with van der Waals surface area (Å²) in [6.45, 7) is 12.4. The van der Waals surface area contributed by atoms with Gasteiger partial charge in [-0.15, -0.1) is 11.8 Å². The second kappa shape index (κ2) is 3.63. The lowest BCUT2D eigenvalue weighted by Crippen LogP contribution is -2.50. The second-order valence-electron chi connectivity index (χ2n) is 3.12. The Bertz CT molecular complexity index is 150. The fourth-order valence-corrected chi connectivity index (χ4v) is 2.84. The average molecular weight is 172 g/mol. The third-order valence-electron chi connectivity index (χ3n) is 2.81. The van der Waals surface area contributed by atoms with Gasteiger partial charge in [0.15, 0.2) is 0 Å². The number of hydrogen-bond donors (Lipinski definition) is 0. The summed E-state index contributed by atoms with van der Waals surface area (Å²) in [5.41, 5.74) is 1.42. The van der Waals surface area contributed by atoms with Crippen LogP contribution < -0.4 is 0 Å². The predicted molar refractivity (Wildman–Crippen MR) is 52.7 cm³/mol. The Labute approximate surface area is 74.1 Å². The van der Waals surface area contributed by atoms with Gasteiger partial charge in [0.25, 0.3) is 0 Å². The maximum absolute atomic E-state index is 4.16. The van der Waals surface area contributed by atoms with Gasteiger partial charge in [0.2, 0.25) is 0 Å². The molecule has 1 heterocycles. The Kier molecular flexibility index (Phi) is 3.02. The first kappa shape index (κ1) is 9.14. The van der Waals surface area contributed by atoms with E-state index < -0.39 is 0 Å². The predicted octanol–water partition coefficient (Wildman–Crippen LogP) is 2.10. The SMILES string of the molecule is C=C1CSCC[N+]1(CC)CC. The number of nitrogens with zero attached hydrogens (tertiary/aromatic N) is 1. The van der Waals surface area contributed by atoms with Crippen molar-refractivity contribution in [3.05, 3.63) is 12.3 Å². The standard InChI is InChI=1S/C9H18NS/c1-4-10(5-2)6-7-11-8-9(10)3/h3-8H2,1-2H3/q+1. The highest BCUT2D eigenvalue weighted by atomic mass is 32.2. The molecule has 0 aromatic heterocycles. The van der Waals surface area contributed by atoms with Crippen LogP contribution in [0.3, 0.4) is 0 Å². The lowest BCUT2D eigenvalue weighted by molar-refractivity contribution is -0.886. The molecule has 0 spiro atoms. The maximum Gasteiger partial charge on any atom is 0.112 e. The van der Waals surface area contributed by atoms with Gasteiger partial charge in [-0.2, -0.15) is 0 Å². The maximum atomic E-state index is 4.16. The van der Waals surface area contributed by atoms with E-state index in [1.54, 1.807) is 0 Å². The Morgan fingerprint density at radius 1 is 1.45 bits per heavy atom. The van der Waals surface area contributed by atoms with Crippen molar-refractivity contribution in [3.63, 3.8) is 0 Å². The van der Waals surface area contributed by atoms with Crippen LogP contribution in [0, 0.1) is 0 Å². The van der Waals surface area contributed by atoms with Crippen molar-refractivity contribution in [2.24, 2.45) is 0 Å². The summed E-state index contributed by atoms with van der Waals surface area (Å²) < 4.78 is 1.16. The fraction of sp³-hybridized carbons (Fsp3) is 0.778. The molecule has 0 amide bonds. The first-order valence-corrected chi connectivity index (χ1v) is 5.53. The molecule has 0 aliphatic carbocycles. The zero-order valence-electron chi connectivity index (χ0n) is 7.60. The molecule has 1 rings (SSSR count). The van der Waals surface area contributed by atoms with Gasteiger partial charge in [-0.1, -0.05) is 0 Å².